The molecule has 0 radical (unpaired) electrons. The van der Waals surface area contributed by atoms with Crippen LogP contribution in [-0.4, -0.2) is 98.4 Å². The van der Waals surface area contributed by atoms with Crippen LogP contribution in [0.1, 0.15) is 46.6 Å². The largest absolute Gasteiger partial charge is 0.446 e. The lowest BCUT2D eigenvalue weighted by molar-refractivity contribution is -0.180. The van der Waals surface area contributed by atoms with E-state index in [2.05, 4.69) is 20.9 Å². The molecule has 3 heterocycles. The molecule has 4 N–H and O–H groups in total. The van der Waals surface area contributed by atoms with E-state index in [1.54, 1.807) is 18.2 Å². The maximum Gasteiger partial charge on any atom is 0.407 e. The van der Waals surface area contributed by atoms with Gasteiger partial charge in [0.15, 0.2) is 11.4 Å². The highest BCUT2D eigenvalue weighted by Gasteiger charge is 2.47. The maximum atomic E-state index is 14.1. The number of nitrogens with one attached hydrogen (secondary N) is 3. The topological polar surface area (TPSA) is 151 Å². The number of hydrogen-bond acceptors (Lipinski definition) is 11. The van der Waals surface area contributed by atoms with Crippen molar-refractivity contribution in [1.29, 1.82) is 0 Å². The number of benzene rings is 2. The van der Waals surface area contributed by atoms with E-state index in [1.807, 2.05) is 65.0 Å². The summed E-state index contributed by atoms with van der Waals surface area (Å²) in [5.74, 6) is -0.187. The number of likely N-dealkylation sites (N-methyl/N-ethyl adjacent to an activating group) is 1. The number of carbonyl (C=O) groups is 1. The molecule has 14 heteroatoms. The molecule has 2 saturated heterocycles. The van der Waals surface area contributed by atoms with Gasteiger partial charge in [0, 0.05) is 31.6 Å². The van der Waals surface area contributed by atoms with Gasteiger partial charge in [0.05, 0.1) is 46.4 Å². The van der Waals surface area contributed by atoms with Gasteiger partial charge in [-0.15, -0.1) is 0 Å². The molecule has 2 aliphatic heterocycles. The molecule has 3 aromatic rings. The van der Waals surface area contributed by atoms with E-state index in [-0.39, 0.29) is 48.3 Å². The van der Waals surface area contributed by atoms with Gasteiger partial charge in [-0.25, -0.2) is 18.2 Å². The highest BCUT2D eigenvalue weighted by molar-refractivity contribution is 7.89. The highest BCUT2D eigenvalue weighted by atomic mass is 32.2. The molecule has 6 atom stereocenters. The monoisotopic (exact) mass is 703 g/mol. The van der Waals surface area contributed by atoms with E-state index in [4.69, 9.17) is 14.2 Å². The quantitative estimate of drug-likeness (QED) is 0.181. The summed E-state index contributed by atoms with van der Waals surface area (Å²) in [5, 5.41) is 22.0. The van der Waals surface area contributed by atoms with Gasteiger partial charge in [0.25, 0.3) is 0 Å². The van der Waals surface area contributed by atoms with Gasteiger partial charge in [-0.05, 0) is 56.5 Å². The lowest BCUT2D eigenvalue weighted by atomic mass is 9.91. The van der Waals surface area contributed by atoms with Crippen LogP contribution in [0.5, 0.6) is 0 Å². The number of thiazole rings is 1. The van der Waals surface area contributed by atoms with Gasteiger partial charge in [0.1, 0.15) is 6.10 Å². The summed E-state index contributed by atoms with van der Waals surface area (Å²) < 4.78 is 47.9. The molecule has 48 heavy (non-hydrogen) atoms. The molecule has 2 aliphatic rings. The van der Waals surface area contributed by atoms with E-state index in [0.717, 1.165) is 21.9 Å². The number of anilines is 1. The van der Waals surface area contributed by atoms with Crippen LogP contribution >= 0.6 is 11.3 Å². The van der Waals surface area contributed by atoms with Gasteiger partial charge in [0.2, 0.25) is 10.0 Å². The second kappa shape index (κ2) is 16.2. The average Bonchev–Trinajstić information content (AvgIpc) is 3.64. The zero-order valence-electron chi connectivity index (χ0n) is 28.3. The first-order chi connectivity index (χ1) is 22.9. The third kappa shape index (κ3) is 9.03. The van der Waals surface area contributed by atoms with Gasteiger partial charge in [-0.3, -0.25) is 0 Å². The number of nitrogens with zero attached hydrogens (tertiary/aromatic N) is 2. The van der Waals surface area contributed by atoms with Crippen molar-refractivity contribution in [3.05, 3.63) is 54.1 Å². The average molecular weight is 704 g/mol. The highest BCUT2D eigenvalue weighted by Crippen LogP contribution is 2.33. The number of hydrogen-bond donors (Lipinski definition) is 4. The van der Waals surface area contributed by atoms with Crippen molar-refractivity contribution < 1.29 is 32.5 Å². The van der Waals surface area contributed by atoms with E-state index in [9.17, 15) is 18.3 Å². The molecule has 12 nitrogen and oxygen atoms in total. The van der Waals surface area contributed by atoms with Crippen molar-refractivity contribution in [3.63, 3.8) is 0 Å². The summed E-state index contributed by atoms with van der Waals surface area (Å²) in [6.45, 7) is 11.5. The second-order valence-electron chi connectivity index (χ2n) is 13.2. The van der Waals surface area contributed by atoms with Crippen molar-refractivity contribution in [2.45, 2.75) is 89.0 Å². The SMILES string of the molecule is CCNC1CO[C@@H]2OCC[C@H](OC(=O)N[C@@H](Cc3ccccc3)[C@H](O)CN(CC(C)C)S(=O)(=O)c3ccc4nc(NC(C)C)sc4c3)C12. The summed E-state index contributed by atoms with van der Waals surface area (Å²) in [6.07, 6.45) is -2.03. The van der Waals surface area contributed by atoms with E-state index < -0.39 is 40.7 Å². The zero-order chi connectivity index (χ0) is 34.4. The maximum absolute atomic E-state index is 14.1. The number of amides is 1. The van der Waals surface area contributed by atoms with Crippen molar-refractivity contribution in [2.24, 2.45) is 11.8 Å². The molecule has 1 amide bonds. The predicted molar refractivity (Wildman–Crippen MR) is 187 cm³/mol. The van der Waals surface area contributed by atoms with Crippen LogP contribution < -0.4 is 16.0 Å². The molecule has 264 valence electrons. The number of rotatable bonds is 15. The van der Waals surface area contributed by atoms with E-state index in [1.165, 1.54) is 15.6 Å². The van der Waals surface area contributed by atoms with Crippen LogP contribution in [0, 0.1) is 11.8 Å². The summed E-state index contributed by atoms with van der Waals surface area (Å²) in [7, 11) is -4.02. The minimum atomic E-state index is -4.02. The number of aliphatic hydroxyl groups is 1. The number of sulfonamides is 1. The number of aliphatic hydroxyl groups excluding tert-OH is 1. The van der Waals surface area contributed by atoms with Crippen molar-refractivity contribution in [2.75, 3.05) is 38.2 Å². The minimum Gasteiger partial charge on any atom is -0.446 e. The van der Waals surface area contributed by atoms with Gasteiger partial charge < -0.3 is 35.3 Å². The number of aromatic nitrogens is 1. The Labute approximate surface area is 287 Å². The Bertz CT molecular complexity index is 1600. The molecule has 2 fully saturated rings. The molecule has 0 spiro atoms. The zero-order valence-corrected chi connectivity index (χ0v) is 29.9. The molecule has 2 unspecified atom stereocenters. The Morgan fingerprint density at radius 3 is 2.60 bits per heavy atom. The van der Waals surface area contributed by atoms with E-state index in [0.29, 0.717) is 25.2 Å². The van der Waals surface area contributed by atoms with E-state index >= 15 is 0 Å². The normalized spacial score (nSPS) is 22.6. The van der Waals surface area contributed by atoms with Crippen molar-refractivity contribution >= 4 is 42.8 Å². The number of alkyl carbamates (subject to hydrolysis) is 1. The Morgan fingerprint density at radius 2 is 1.90 bits per heavy atom. The summed E-state index contributed by atoms with van der Waals surface area (Å²) in [4.78, 5) is 18.1. The molecule has 1 aromatic heterocycles. The predicted octanol–water partition coefficient (Wildman–Crippen LogP) is 4.20. The van der Waals surface area contributed by atoms with Crippen LogP contribution in [0.3, 0.4) is 0 Å². The number of ether oxygens (including phenoxy) is 3. The lowest BCUT2D eigenvalue weighted by Gasteiger charge is -2.35. The van der Waals surface area contributed by atoms with Gasteiger partial charge >= 0.3 is 6.09 Å². The van der Waals surface area contributed by atoms with Crippen molar-refractivity contribution in [3.8, 4) is 0 Å². The first-order valence-corrected chi connectivity index (χ1v) is 19.0. The third-order valence-corrected chi connectivity index (χ3v) is 11.3. The van der Waals surface area contributed by atoms with Crippen molar-refractivity contribution in [1.82, 2.24) is 19.9 Å². The summed E-state index contributed by atoms with van der Waals surface area (Å²) in [5.41, 5.74) is 1.59. The first-order valence-electron chi connectivity index (χ1n) is 16.8. The second-order valence-corrected chi connectivity index (χ2v) is 16.2. The Hall–Kier alpha value is -2.85. The van der Waals surface area contributed by atoms with Crippen LogP contribution in [-0.2, 0) is 30.7 Å². The molecule has 5 rings (SSSR count). The number of carbonyl (C=O) groups excluding carboxylic acids is 1. The Balaban J connectivity index is 1.35. The fourth-order valence-corrected chi connectivity index (χ4v) is 9.08. The van der Waals surface area contributed by atoms with Crippen LogP contribution in [0.15, 0.2) is 53.4 Å². The first kappa shape index (κ1) is 36.4. The van der Waals surface area contributed by atoms with Gasteiger partial charge in [-0.2, -0.15) is 4.31 Å². The Morgan fingerprint density at radius 1 is 1.12 bits per heavy atom. The fraction of sp³-hybridized carbons (Fsp3) is 0.588. The fourth-order valence-electron chi connectivity index (χ4n) is 6.30. The lowest BCUT2D eigenvalue weighted by Crippen LogP contribution is -2.53. The molecular formula is C34H49N5O7S2. The molecule has 0 saturated carbocycles. The van der Waals surface area contributed by atoms with Gasteiger partial charge in [-0.1, -0.05) is 62.4 Å². The summed E-state index contributed by atoms with van der Waals surface area (Å²) in [6, 6.07) is 13.7. The Kier molecular flexibility index (Phi) is 12.3. The molecule has 2 aromatic carbocycles. The van der Waals surface area contributed by atoms with Crippen LogP contribution in [0.2, 0.25) is 0 Å². The molecule has 0 aliphatic carbocycles. The number of fused-ring (bicyclic) bond motifs is 2. The molecule has 0 bridgehead atoms. The van der Waals surface area contributed by atoms with Crippen LogP contribution in [0.25, 0.3) is 10.2 Å². The smallest absolute Gasteiger partial charge is 0.407 e. The third-order valence-electron chi connectivity index (χ3n) is 8.49. The molecular weight excluding hydrogens is 655 g/mol. The standard InChI is InChI=1S/C34H49N5O7S2/c1-6-35-27-20-45-32-31(27)29(14-15-44-32)46-34(41)38-26(16-23-10-8-7-9-11-23)28(40)19-39(18-21(2)3)48(42,43)24-12-13-25-30(17-24)47-33(37-25)36-22(4)5/h7-13,17,21-22,26-29,31-32,35,40H,6,14-16,18-20H2,1-5H3,(H,36,37)(H,38,41)/t26-,27?,28+,29-,31?,32-/m0/s1. The summed E-state index contributed by atoms with van der Waals surface area (Å²) >= 11 is 1.40. The van der Waals surface area contributed by atoms with Crippen LogP contribution in [0.4, 0.5) is 9.93 Å². The minimum absolute atomic E-state index is 0.0131.